The molecule has 8 heteroatoms. The molecule has 0 saturated heterocycles. The smallest absolute Gasteiger partial charge is 0.314 e. The van der Waals surface area contributed by atoms with Gasteiger partial charge in [0.25, 0.3) is 5.91 Å². The lowest BCUT2D eigenvalue weighted by atomic mass is 9.77. The molecule has 1 aliphatic rings. The summed E-state index contributed by atoms with van der Waals surface area (Å²) in [5.74, 6) is -0.551. The molecule has 166 valence electrons. The summed E-state index contributed by atoms with van der Waals surface area (Å²) in [6.45, 7) is 1.58. The van der Waals surface area contributed by atoms with Gasteiger partial charge >= 0.3 is 5.97 Å². The Hall–Kier alpha value is -4.02. The zero-order chi connectivity index (χ0) is 23.6. The van der Waals surface area contributed by atoms with Crippen LogP contribution in [0.1, 0.15) is 34.8 Å². The van der Waals surface area contributed by atoms with Crippen LogP contribution in [-0.2, 0) is 10.2 Å². The molecule has 1 heterocycles. The molecule has 0 radical (unpaired) electrons. The third-order valence-electron chi connectivity index (χ3n) is 5.49. The second-order valence-corrected chi connectivity index (χ2v) is 8.25. The second-order valence-electron chi connectivity index (χ2n) is 7.81. The predicted octanol–water partition coefficient (Wildman–Crippen LogP) is 4.99. The summed E-state index contributed by atoms with van der Waals surface area (Å²) >= 11 is 5.86. The third kappa shape index (κ3) is 4.61. The van der Waals surface area contributed by atoms with Gasteiger partial charge in [-0.05, 0) is 73.7 Å². The Kier molecular flexibility index (Phi) is 5.95. The molecule has 1 aliphatic heterocycles. The molecule has 0 aromatic heterocycles. The summed E-state index contributed by atoms with van der Waals surface area (Å²) in [5.41, 5.74) is 0.543. The van der Waals surface area contributed by atoms with E-state index < -0.39 is 17.7 Å². The van der Waals surface area contributed by atoms with Crippen LogP contribution in [-0.4, -0.2) is 23.3 Å². The fraction of sp³-hybridized carbons (Fsp3) is 0.160. The first-order chi connectivity index (χ1) is 15.8. The normalized spacial score (nSPS) is 18.9. The van der Waals surface area contributed by atoms with Crippen molar-refractivity contribution in [3.8, 4) is 17.6 Å². The van der Waals surface area contributed by atoms with Crippen molar-refractivity contribution in [2.45, 2.75) is 25.0 Å². The van der Waals surface area contributed by atoms with E-state index in [0.29, 0.717) is 38.9 Å². The molecule has 3 aromatic carbocycles. The number of carboxylic acid groups (broad SMARTS) is 1. The van der Waals surface area contributed by atoms with E-state index in [1.54, 1.807) is 67.6 Å². The number of fused-ring (bicyclic) bond motifs is 1. The van der Waals surface area contributed by atoms with Crippen LogP contribution in [0.4, 0.5) is 5.69 Å². The van der Waals surface area contributed by atoms with Crippen LogP contribution in [0.2, 0.25) is 5.02 Å². The van der Waals surface area contributed by atoms with Crippen molar-refractivity contribution < 1.29 is 24.2 Å². The maximum absolute atomic E-state index is 12.5. The van der Waals surface area contributed by atoms with Gasteiger partial charge in [-0.25, -0.2) is 0 Å². The summed E-state index contributed by atoms with van der Waals surface area (Å²) < 4.78 is 11.7. The Morgan fingerprint density at radius 3 is 2.48 bits per heavy atom. The zero-order valence-corrected chi connectivity index (χ0v) is 18.3. The number of carbonyl (C=O) groups is 2. The van der Waals surface area contributed by atoms with Crippen molar-refractivity contribution in [3.05, 3.63) is 88.4 Å². The van der Waals surface area contributed by atoms with Crippen molar-refractivity contribution in [2.24, 2.45) is 0 Å². The molecule has 33 heavy (non-hydrogen) atoms. The minimum absolute atomic E-state index is 0.0447. The number of rotatable bonds is 5. The number of carboxylic acids is 1. The van der Waals surface area contributed by atoms with E-state index in [1.165, 1.54) is 6.07 Å². The Morgan fingerprint density at radius 2 is 1.85 bits per heavy atom. The second kappa shape index (κ2) is 8.85. The van der Waals surface area contributed by atoms with E-state index in [1.807, 2.05) is 6.07 Å². The van der Waals surface area contributed by atoms with Crippen molar-refractivity contribution in [2.75, 3.05) is 5.32 Å². The molecule has 0 bridgehead atoms. The minimum Gasteiger partial charge on any atom is -0.481 e. The predicted molar refractivity (Wildman–Crippen MR) is 122 cm³/mol. The number of aliphatic carboxylic acids is 1. The molecule has 4 rings (SSSR count). The average Bonchev–Trinajstić information content (AvgIpc) is 2.80. The molecule has 7 nitrogen and oxygen atoms in total. The number of nitrogens with zero attached hydrogens (tertiary/aromatic N) is 1. The van der Waals surface area contributed by atoms with E-state index in [9.17, 15) is 14.7 Å². The largest absolute Gasteiger partial charge is 0.481 e. The van der Waals surface area contributed by atoms with Gasteiger partial charge in [-0.3, -0.25) is 9.59 Å². The molecule has 3 aromatic rings. The van der Waals surface area contributed by atoms with E-state index in [-0.39, 0.29) is 12.3 Å². The van der Waals surface area contributed by atoms with E-state index in [0.717, 1.165) is 0 Å². The fourth-order valence-electron chi connectivity index (χ4n) is 3.60. The lowest BCUT2D eigenvalue weighted by molar-refractivity contribution is -0.148. The SMILES string of the molecule is CC1(C(=O)O)CC(Oc2ccc(C(=O)Nc3ccc(Cl)cc3)cc2)Oc2ccc(C#N)cc21. The maximum atomic E-state index is 12.5. The number of nitriles is 1. The summed E-state index contributed by atoms with van der Waals surface area (Å²) in [4.78, 5) is 24.5. The van der Waals surface area contributed by atoms with Crippen molar-refractivity contribution >= 4 is 29.2 Å². The highest BCUT2D eigenvalue weighted by molar-refractivity contribution is 6.30. The number of halogens is 1. The summed E-state index contributed by atoms with van der Waals surface area (Å²) in [7, 11) is 0. The van der Waals surface area contributed by atoms with Crippen LogP contribution in [0.5, 0.6) is 11.5 Å². The Morgan fingerprint density at radius 1 is 1.15 bits per heavy atom. The topological polar surface area (TPSA) is 109 Å². The van der Waals surface area contributed by atoms with Crippen LogP contribution in [0, 0.1) is 11.3 Å². The number of anilines is 1. The molecule has 0 fully saturated rings. The number of carbonyl (C=O) groups excluding carboxylic acids is 1. The molecular weight excluding hydrogens is 444 g/mol. The highest BCUT2D eigenvalue weighted by atomic mass is 35.5. The first-order valence-electron chi connectivity index (χ1n) is 10.1. The molecule has 2 unspecified atom stereocenters. The number of ether oxygens (including phenoxy) is 2. The van der Waals surface area contributed by atoms with Crippen molar-refractivity contribution in [1.29, 1.82) is 5.26 Å². The molecule has 0 saturated carbocycles. The van der Waals surface area contributed by atoms with E-state index in [4.69, 9.17) is 26.3 Å². The number of benzene rings is 3. The monoisotopic (exact) mass is 462 g/mol. The maximum Gasteiger partial charge on any atom is 0.314 e. The zero-order valence-electron chi connectivity index (χ0n) is 17.5. The van der Waals surface area contributed by atoms with Crippen molar-refractivity contribution in [3.63, 3.8) is 0 Å². The molecule has 0 aliphatic carbocycles. The standard InChI is InChI=1S/C25H19ClN2O5/c1-25(24(30)31)13-22(33-21-11-2-15(14-27)12-20(21)25)32-19-9-3-16(4-10-19)23(29)28-18-7-5-17(26)6-8-18/h2-12,22H,13H2,1H3,(H,28,29)(H,30,31). The van der Waals surface area contributed by atoms with E-state index in [2.05, 4.69) is 5.32 Å². The van der Waals surface area contributed by atoms with Crippen LogP contribution < -0.4 is 14.8 Å². The number of nitrogens with one attached hydrogen (secondary N) is 1. The van der Waals surface area contributed by atoms with Crippen LogP contribution in [0.3, 0.4) is 0 Å². The van der Waals surface area contributed by atoms with Gasteiger partial charge in [0.15, 0.2) is 0 Å². The van der Waals surface area contributed by atoms with Gasteiger partial charge in [0.1, 0.15) is 16.9 Å². The highest BCUT2D eigenvalue weighted by Gasteiger charge is 2.45. The Labute approximate surface area is 195 Å². The summed E-state index contributed by atoms with van der Waals surface area (Å²) in [5, 5.41) is 22.4. The van der Waals surface area contributed by atoms with E-state index >= 15 is 0 Å². The highest BCUT2D eigenvalue weighted by Crippen LogP contribution is 2.42. The van der Waals surface area contributed by atoms with Gasteiger partial charge in [-0.2, -0.15) is 5.26 Å². The van der Waals surface area contributed by atoms with Gasteiger partial charge in [-0.15, -0.1) is 0 Å². The van der Waals surface area contributed by atoms with Gasteiger partial charge < -0.3 is 19.9 Å². The van der Waals surface area contributed by atoms with Crippen LogP contribution in [0.25, 0.3) is 0 Å². The van der Waals surface area contributed by atoms with Gasteiger partial charge in [-0.1, -0.05) is 11.6 Å². The quantitative estimate of drug-likeness (QED) is 0.552. The molecule has 1 amide bonds. The molecular formula is C25H19ClN2O5. The lowest BCUT2D eigenvalue weighted by Crippen LogP contribution is -2.44. The van der Waals surface area contributed by atoms with Crippen molar-refractivity contribution in [1.82, 2.24) is 0 Å². The summed E-state index contributed by atoms with van der Waals surface area (Å²) in [6, 6.07) is 19.9. The number of hydrogen-bond donors (Lipinski definition) is 2. The number of hydrogen-bond acceptors (Lipinski definition) is 5. The molecule has 0 spiro atoms. The Balaban J connectivity index is 1.48. The van der Waals surface area contributed by atoms with Crippen LogP contribution in [0.15, 0.2) is 66.7 Å². The minimum atomic E-state index is -1.29. The fourth-order valence-corrected chi connectivity index (χ4v) is 3.73. The van der Waals surface area contributed by atoms with Gasteiger partial charge in [0, 0.05) is 28.3 Å². The lowest BCUT2D eigenvalue weighted by Gasteiger charge is -2.36. The number of amides is 1. The molecule has 2 N–H and O–H groups in total. The first kappa shape index (κ1) is 22.2. The average molecular weight is 463 g/mol. The van der Waals surface area contributed by atoms with Crippen LogP contribution >= 0.6 is 11.6 Å². The summed E-state index contributed by atoms with van der Waals surface area (Å²) in [6.07, 6.45) is -0.816. The van der Waals surface area contributed by atoms with Gasteiger partial charge in [0.05, 0.1) is 11.6 Å². The molecule has 2 atom stereocenters. The van der Waals surface area contributed by atoms with Gasteiger partial charge in [0.2, 0.25) is 6.29 Å². The Bertz CT molecular complexity index is 1250. The third-order valence-corrected chi connectivity index (χ3v) is 5.75. The first-order valence-corrected chi connectivity index (χ1v) is 10.4.